The van der Waals surface area contributed by atoms with Crippen LogP contribution in [0.25, 0.3) is 0 Å². The Balaban J connectivity index is 1.96. The van der Waals surface area contributed by atoms with Gasteiger partial charge in [0.2, 0.25) is 0 Å². The largest absolute Gasteiger partial charge is 0.349 e. The summed E-state index contributed by atoms with van der Waals surface area (Å²) in [4.78, 5) is 29.0. The van der Waals surface area contributed by atoms with Crippen molar-refractivity contribution >= 4 is 23.5 Å². The maximum Gasteiger partial charge on any atom is 0.349 e. The molecule has 1 aliphatic rings. The summed E-state index contributed by atoms with van der Waals surface area (Å²) in [6.45, 7) is 4.11. The summed E-state index contributed by atoms with van der Waals surface area (Å²) in [5.74, 6) is -0.0251. The van der Waals surface area contributed by atoms with Crippen LogP contribution in [0.3, 0.4) is 0 Å². The molecule has 6 heteroatoms. The van der Waals surface area contributed by atoms with Crippen LogP contribution >= 0.6 is 11.6 Å². The Kier molecular flexibility index (Phi) is 4.62. The topological polar surface area (TPSA) is 58.6 Å². The average Bonchev–Trinajstić information content (AvgIpc) is 2.62. The summed E-state index contributed by atoms with van der Waals surface area (Å²) in [6, 6.07) is 6.07. The van der Waals surface area contributed by atoms with Crippen molar-refractivity contribution in [2.75, 3.05) is 0 Å². The van der Waals surface area contributed by atoms with E-state index in [4.69, 9.17) is 16.4 Å². The Morgan fingerprint density at radius 3 is 2.80 bits per heavy atom. The fourth-order valence-electron chi connectivity index (χ4n) is 2.03. The molecule has 1 N–H and O–H groups in total. The first-order valence-corrected chi connectivity index (χ1v) is 6.87. The monoisotopic (exact) mass is 296 g/mol. The van der Waals surface area contributed by atoms with Crippen molar-refractivity contribution in [2.24, 2.45) is 5.92 Å². The van der Waals surface area contributed by atoms with Crippen LogP contribution in [-0.4, -0.2) is 23.0 Å². The molecule has 1 fully saturated rings. The van der Waals surface area contributed by atoms with Crippen molar-refractivity contribution in [3.8, 4) is 0 Å². The van der Waals surface area contributed by atoms with Crippen molar-refractivity contribution in [1.82, 2.24) is 10.4 Å². The summed E-state index contributed by atoms with van der Waals surface area (Å²) in [6.07, 6.45) is 0.599. The number of hydroxylamine groups is 2. The molecule has 1 aliphatic heterocycles. The maximum atomic E-state index is 12.0. The Hall–Kier alpha value is -1.59. The second-order valence-corrected chi connectivity index (χ2v) is 5.60. The maximum absolute atomic E-state index is 12.0. The van der Waals surface area contributed by atoms with Crippen molar-refractivity contribution in [2.45, 2.75) is 32.9 Å². The molecule has 0 bridgehead atoms. The second-order valence-electron chi connectivity index (χ2n) is 5.17. The van der Waals surface area contributed by atoms with Crippen molar-refractivity contribution in [3.05, 3.63) is 34.9 Å². The third-order valence-electron chi connectivity index (χ3n) is 2.94. The number of nitrogens with zero attached hydrogens (tertiary/aromatic N) is 1. The van der Waals surface area contributed by atoms with E-state index in [1.807, 2.05) is 19.9 Å². The number of hydrogen-bond acceptors (Lipinski definition) is 3. The van der Waals surface area contributed by atoms with Gasteiger partial charge in [-0.15, -0.1) is 5.06 Å². The SMILES string of the molecule is CC(C)CC1NC(=O)N(OCc2cccc(Cl)c2)C1=O. The molecule has 0 saturated carbocycles. The van der Waals surface area contributed by atoms with Crippen molar-refractivity contribution < 1.29 is 14.4 Å². The van der Waals surface area contributed by atoms with Gasteiger partial charge < -0.3 is 5.32 Å². The fourth-order valence-corrected chi connectivity index (χ4v) is 2.24. The van der Waals surface area contributed by atoms with Gasteiger partial charge in [0.1, 0.15) is 12.6 Å². The minimum atomic E-state index is -0.511. The van der Waals surface area contributed by atoms with E-state index in [2.05, 4.69) is 5.32 Å². The Morgan fingerprint density at radius 2 is 2.15 bits per heavy atom. The van der Waals surface area contributed by atoms with Gasteiger partial charge in [-0.3, -0.25) is 9.63 Å². The molecule has 0 spiro atoms. The second kappa shape index (κ2) is 6.24. The third-order valence-corrected chi connectivity index (χ3v) is 3.17. The van der Waals surface area contributed by atoms with Crippen LogP contribution in [0.4, 0.5) is 4.79 Å². The number of halogens is 1. The molecule has 1 aromatic carbocycles. The molecule has 0 aliphatic carbocycles. The predicted octanol–water partition coefficient (Wildman–Crippen LogP) is 2.74. The summed E-state index contributed by atoms with van der Waals surface area (Å²) in [5.41, 5.74) is 0.797. The van der Waals surface area contributed by atoms with Crippen LogP contribution < -0.4 is 5.32 Å². The molecule has 20 heavy (non-hydrogen) atoms. The quantitative estimate of drug-likeness (QED) is 0.850. The molecule has 1 heterocycles. The van der Waals surface area contributed by atoms with E-state index in [-0.39, 0.29) is 12.5 Å². The highest BCUT2D eigenvalue weighted by Gasteiger charge is 2.39. The van der Waals surface area contributed by atoms with E-state index in [9.17, 15) is 9.59 Å². The molecule has 1 atom stereocenters. The first-order chi connectivity index (χ1) is 9.47. The highest BCUT2D eigenvalue weighted by molar-refractivity contribution is 6.30. The number of imide groups is 1. The van der Waals surface area contributed by atoms with Gasteiger partial charge in [0, 0.05) is 5.02 Å². The van der Waals surface area contributed by atoms with Gasteiger partial charge >= 0.3 is 6.03 Å². The molecule has 5 nitrogen and oxygen atoms in total. The molecule has 108 valence electrons. The Morgan fingerprint density at radius 1 is 1.40 bits per heavy atom. The zero-order valence-electron chi connectivity index (χ0n) is 11.4. The lowest BCUT2D eigenvalue weighted by Gasteiger charge is -2.13. The molecule has 1 saturated heterocycles. The molecule has 3 amide bonds. The Bertz CT molecular complexity index is 519. The first kappa shape index (κ1) is 14.8. The minimum absolute atomic E-state index is 0.119. The highest BCUT2D eigenvalue weighted by Crippen LogP contribution is 2.17. The first-order valence-electron chi connectivity index (χ1n) is 6.49. The fraction of sp³-hybridized carbons (Fsp3) is 0.429. The van der Waals surface area contributed by atoms with Gasteiger partial charge in [0.05, 0.1) is 0 Å². The standard InChI is InChI=1S/C14H17ClN2O3/c1-9(2)6-12-13(18)17(14(19)16-12)20-8-10-4-3-5-11(15)7-10/h3-5,7,9,12H,6,8H2,1-2H3,(H,16,19). The molecule has 0 radical (unpaired) electrons. The van der Waals surface area contributed by atoms with E-state index < -0.39 is 12.1 Å². The van der Waals surface area contributed by atoms with Gasteiger partial charge in [0.25, 0.3) is 5.91 Å². The van der Waals surface area contributed by atoms with E-state index in [0.717, 1.165) is 10.6 Å². The van der Waals surface area contributed by atoms with Gasteiger partial charge in [-0.25, -0.2) is 4.79 Å². The number of amides is 3. The minimum Gasteiger partial charge on any atom is -0.324 e. The Labute approximate surface area is 122 Å². The third kappa shape index (κ3) is 3.49. The number of rotatable bonds is 5. The number of urea groups is 1. The molecule has 0 aromatic heterocycles. The summed E-state index contributed by atoms with van der Waals surface area (Å²) < 4.78 is 0. The smallest absolute Gasteiger partial charge is 0.324 e. The van der Waals surface area contributed by atoms with Gasteiger partial charge in [0.15, 0.2) is 0 Å². The van der Waals surface area contributed by atoms with Gasteiger partial charge in [-0.2, -0.15) is 0 Å². The lowest BCUT2D eigenvalue weighted by Crippen LogP contribution is -2.32. The summed E-state index contributed by atoms with van der Waals surface area (Å²) in [7, 11) is 0. The molecular formula is C14H17ClN2O3. The zero-order valence-corrected chi connectivity index (χ0v) is 12.2. The van der Waals surface area contributed by atoms with Crippen LogP contribution in [0.1, 0.15) is 25.8 Å². The van der Waals surface area contributed by atoms with E-state index in [1.54, 1.807) is 18.2 Å². The van der Waals surface area contributed by atoms with E-state index in [1.165, 1.54) is 0 Å². The van der Waals surface area contributed by atoms with Crippen molar-refractivity contribution in [1.29, 1.82) is 0 Å². The molecular weight excluding hydrogens is 280 g/mol. The van der Waals surface area contributed by atoms with Crippen LogP contribution in [0.2, 0.25) is 5.02 Å². The lowest BCUT2D eigenvalue weighted by atomic mass is 10.0. The van der Waals surface area contributed by atoms with Crippen LogP contribution in [0, 0.1) is 5.92 Å². The number of benzene rings is 1. The zero-order chi connectivity index (χ0) is 14.7. The van der Waals surface area contributed by atoms with Crippen LogP contribution in [-0.2, 0) is 16.2 Å². The lowest BCUT2D eigenvalue weighted by molar-refractivity contribution is -0.167. The molecule has 1 unspecified atom stereocenters. The molecule has 2 rings (SSSR count). The number of carbonyl (C=O) groups is 2. The number of nitrogens with one attached hydrogen (secondary N) is 1. The average molecular weight is 297 g/mol. The summed E-state index contributed by atoms with van der Waals surface area (Å²) >= 11 is 5.86. The van der Waals surface area contributed by atoms with Crippen LogP contribution in [0.5, 0.6) is 0 Å². The van der Waals surface area contributed by atoms with Crippen LogP contribution in [0.15, 0.2) is 24.3 Å². The predicted molar refractivity (Wildman–Crippen MR) is 74.9 cm³/mol. The van der Waals surface area contributed by atoms with Crippen molar-refractivity contribution in [3.63, 3.8) is 0 Å². The summed E-state index contributed by atoms with van der Waals surface area (Å²) in [5, 5.41) is 4.00. The highest BCUT2D eigenvalue weighted by atomic mass is 35.5. The normalized spacial score (nSPS) is 18.8. The molecule has 1 aromatic rings. The van der Waals surface area contributed by atoms with Gasteiger partial charge in [-0.05, 0) is 30.0 Å². The van der Waals surface area contributed by atoms with Gasteiger partial charge in [-0.1, -0.05) is 37.6 Å². The van der Waals surface area contributed by atoms with E-state index >= 15 is 0 Å². The number of carbonyl (C=O) groups excluding carboxylic acids is 2. The number of hydrogen-bond donors (Lipinski definition) is 1. The van der Waals surface area contributed by atoms with E-state index in [0.29, 0.717) is 17.4 Å².